The number of benzene rings is 2. The van der Waals surface area contributed by atoms with E-state index < -0.39 is 0 Å². The first-order valence-electron chi connectivity index (χ1n) is 7.35. The summed E-state index contributed by atoms with van der Waals surface area (Å²) in [5.74, 6) is 0. The fourth-order valence-corrected chi connectivity index (χ4v) is 3.07. The highest BCUT2D eigenvalue weighted by molar-refractivity contribution is 6.35. The predicted octanol–water partition coefficient (Wildman–Crippen LogP) is 5.57. The lowest BCUT2D eigenvalue weighted by Crippen LogP contribution is -2.21. The first kappa shape index (κ1) is 18.9. The maximum absolute atomic E-state index is 6.13. The molecule has 0 bridgehead atoms. The standard InChI is InChI=1S/C17H18Cl4N2/c18-14-4-2-12(16(20)8-14)10-22-6-1-7-23-11-13-3-5-15(19)9-17(13)21/h2-5,8-9,22-23H,1,6-7,10-11H2. The molecular formula is C17H18Cl4N2. The summed E-state index contributed by atoms with van der Waals surface area (Å²) < 4.78 is 0. The highest BCUT2D eigenvalue weighted by atomic mass is 35.5. The highest BCUT2D eigenvalue weighted by Crippen LogP contribution is 2.21. The zero-order valence-corrected chi connectivity index (χ0v) is 15.5. The van der Waals surface area contributed by atoms with Gasteiger partial charge in [-0.15, -0.1) is 0 Å². The molecule has 0 fully saturated rings. The Morgan fingerprint density at radius 2 is 1.09 bits per heavy atom. The maximum Gasteiger partial charge on any atom is 0.0465 e. The Morgan fingerprint density at radius 1 is 0.652 bits per heavy atom. The van der Waals surface area contributed by atoms with Gasteiger partial charge in [-0.3, -0.25) is 0 Å². The molecule has 0 aromatic heterocycles. The molecule has 0 radical (unpaired) electrons. The van der Waals surface area contributed by atoms with Crippen LogP contribution in [0.2, 0.25) is 20.1 Å². The fraction of sp³-hybridized carbons (Fsp3) is 0.294. The molecule has 2 N–H and O–H groups in total. The van der Waals surface area contributed by atoms with Crippen LogP contribution in [-0.2, 0) is 13.1 Å². The van der Waals surface area contributed by atoms with E-state index in [4.69, 9.17) is 46.4 Å². The van der Waals surface area contributed by atoms with E-state index in [2.05, 4.69) is 10.6 Å². The third kappa shape index (κ3) is 6.50. The normalized spacial score (nSPS) is 11.0. The molecule has 0 aliphatic rings. The van der Waals surface area contributed by atoms with E-state index in [0.29, 0.717) is 20.1 Å². The first-order chi connectivity index (χ1) is 11.1. The van der Waals surface area contributed by atoms with Gasteiger partial charge in [0.05, 0.1) is 0 Å². The van der Waals surface area contributed by atoms with Gasteiger partial charge < -0.3 is 10.6 Å². The minimum absolute atomic E-state index is 0.656. The van der Waals surface area contributed by atoms with Gasteiger partial charge in [0.25, 0.3) is 0 Å². The summed E-state index contributed by atoms with van der Waals surface area (Å²) in [5.41, 5.74) is 2.11. The lowest BCUT2D eigenvalue weighted by Gasteiger charge is -2.09. The van der Waals surface area contributed by atoms with E-state index in [1.54, 1.807) is 12.1 Å². The molecule has 0 saturated heterocycles. The van der Waals surface area contributed by atoms with E-state index in [1.807, 2.05) is 24.3 Å². The minimum atomic E-state index is 0.656. The van der Waals surface area contributed by atoms with Crippen molar-refractivity contribution in [1.29, 1.82) is 0 Å². The summed E-state index contributed by atoms with van der Waals surface area (Å²) in [6, 6.07) is 11.1. The van der Waals surface area contributed by atoms with Crippen LogP contribution in [-0.4, -0.2) is 13.1 Å². The van der Waals surface area contributed by atoms with Crippen LogP contribution < -0.4 is 10.6 Å². The van der Waals surface area contributed by atoms with Crippen molar-refractivity contribution in [2.75, 3.05) is 13.1 Å². The van der Waals surface area contributed by atoms with E-state index in [-0.39, 0.29) is 0 Å². The fourth-order valence-electron chi connectivity index (χ4n) is 2.11. The second-order valence-electron chi connectivity index (χ2n) is 5.18. The quantitative estimate of drug-likeness (QED) is 0.574. The van der Waals surface area contributed by atoms with Gasteiger partial charge in [0.15, 0.2) is 0 Å². The minimum Gasteiger partial charge on any atom is -0.313 e. The van der Waals surface area contributed by atoms with Crippen LogP contribution in [0, 0.1) is 0 Å². The Morgan fingerprint density at radius 3 is 1.48 bits per heavy atom. The van der Waals surface area contributed by atoms with Crippen LogP contribution in [0.1, 0.15) is 17.5 Å². The molecule has 0 atom stereocenters. The molecule has 0 spiro atoms. The SMILES string of the molecule is Clc1ccc(CNCCCNCc2ccc(Cl)cc2Cl)c(Cl)c1. The molecule has 23 heavy (non-hydrogen) atoms. The second kappa shape index (κ2) is 9.73. The van der Waals surface area contributed by atoms with Crippen molar-refractivity contribution in [1.82, 2.24) is 10.6 Å². The molecule has 2 aromatic carbocycles. The lowest BCUT2D eigenvalue weighted by molar-refractivity contribution is 0.595. The van der Waals surface area contributed by atoms with Gasteiger partial charge in [-0.25, -0.2) is 0 Å². The van der Waals surface area contributed by atoms with Crippen molar-refractivity contribution in [2.24, 2.45) is 0 Å². The monoisotopic (exact) mass is 390 g/mol. The zero-order chi connectivity index (χ0) is 16.7. The topological polar surface area (TPSA) is 24.1 Å². The zero-order valence-electron chi connectivity index (χ0n) is 12.5. The molecule has 2 nitrogen and oxygen atoms in total. The summed E-state index contributed by atoms with van der Waals surface area (Å²) in [7, 11) is 0. The van der Waals surface area contributed by atoms with Crippen LogP contribution in [0.15, 0.2) is 36.4 Å². The van der Waals surface area contributed by atoms with Crippen LogP contribution in [0.25, 0.3) is 0 Å². The molecule has 0 aliphatic carbocycles. The molecule has 0 heterocycles. The Labute approximate surface area is 157 Å². The number of hydrogen-bond acceptors (Lipinski definition) is 2. The van der Waals surface area contributed by atoms with Gasteiger partial charge in [0.1, 0.15) is 0 Å². The van der Waals surface area contributed by atoms with Gasteiger partial charge in [-0.05, 0) is 54.9 Å². The van der Waals surface area contributed by atoms with Crippen LogP contribution in [0.3, 0.4) is 0 Å². The average Bonchev–Trinajstić information content (AvgIpc) is 2.50. The Balaban J connectivity index is 1.61. The first-order valence-corrected chi connectivity index (χ1v) is 8.87. The molecule has 0 amide bonds. The van der Waals surface area contributed by atoms with Crippen molar-refractivity contribution in [3.05, 3.63) is 67.6 Å². The molecule has 0 saturated carbocycles. The van der Waals surface area contributed by atoms with Crippen molar-refractivity contribution in [3.8, 4) is 0 Å². The van der Waals surface area contributed by atoms with Crippen molar-refractivity contribution < 1.29 is 0 Å². The summed E-state index contributed by atoms with van der Waals surface area (Å²) in [6.45, 7) is 3.28. The highest BCUT2D eigenvalue weighted by Gasteiger charge is 2.02. The third-order valence-electron chi connectivity index (χ3n) is 3.37. The van der Waals surface area contributed by atoms with E-state index in [1.165, 1.54) is 0 Å². The average molecular weight is 392 g/mol. The Hall–Kier alpha value is -0.480. The van der Waals surface area contributed by atoms with Crippen molar-refractivity contribution in [3.63, 3.8) is 0 Å². The number of hydrogen-bond donors (Lipinski definition) is 2. The lowest BCUT2D eigenvalue weighted by atomic mass is 10.2. The number of rotatable bonds is 8. The molecule has 6 heteroatoms. The number of nitrogens with one attached hydrogen (secondary N) is 2. The molecule has 2 aromatic rings. The predicted molar refractivity (Wildman–Crippen MR) is 101 cm³/mol. The Kier molecular flexibility index (Phi) is 7.97. The van der Waals surface area contributed by atoms with Crippen molar-refractivity contribution >= 4 is 46.4 Å². The van der Waals surface area contributed by atoms with Gasteiger partial charge >= 0.3 is 0 Å². The van der Waals surface area contributed by atoms with Gasteiger partial charge in [0.2, 0.25) is 0 Å². The largest absolute Gasteiger partial charge is 0.313 e. The van der Waals surface area contributed by atoms with Gasteiger partial charge in [0, 0.05) is 33.2 Å². The molecule has 124 valence electrons. The van der Waals surface area contributed by atoms with Crippen LogP contribution >= 0.6 is 46.4 Å². The maximum atomic E-state index is 6.13. The molecule has 0 unspecified atom stereocenters. The third-order valence-corrected chi connectivity index (χ3v) is 4.54. The van der Waals surface area contributed by atoms with E-state index in [9.17, 15) is 0 Å². The molecule has 0 aliphatic heterocycles. The van der Waals surface area contributed by atoms with Crippen LogP contribution in [0.4, 0.5) is 0 Å². The second-order valence-corrected chi connectivity index (χ2v) is 6.87. The van der Waals surface area contributed by atoms with Gasteiger partial charge in [-0.1, -0.05) is 58.5 Å². The van der Waals surface area contributed by atoms with E-state index >= 15 is 0 Å². The summed E-state index contributed by atoms with van der Waals surface area (Å²) >= 11 is 24.0. The summed E-state index contributed by atoms with van der Waals surface area (Å²) in [5, 5.41) is 9.44. The molecule has 2 rings (SSSR count). The molecular weight excluding hydrogens is 374 g/mol. The van der Waals surface area contributed by atoms with E-state index in [0.717, 1.165) is 43.7 Å². The van der Waals surface area contributed by atoms with Crippen LogP contribution in [0.5, 0.6) is 0 Å². The summed E-state index contributed by atoms with van der Waals surface area (Å²) in [4.78, 5) is 0. The van der Waals surface area contributed by atoms with Gasteiger partial charge in [-0.2, -0.15) is 0 Å². The van der Waals surface area contributed by atoms with Crippen molar-refractivity contribution in [2.45, 2.75) is 19.5 Å². The number of halogens is 4. The summed E-state index contributed by atoms with van der Waals surface area (Å²) in [6.07, 6.45) is 1.01. The Bertz CT molecular complexity index is 591. The smallest absolute Gasteiger partial charge is 0.0465 e.